The Morgan fingerprint density at radius 1 is 1.12 bits per heavy atom. The number of hydrogen-bond acceptors (Lipinski definition) is 6. The molecule has 4 heterocycles. The fourth-order valence-corrected chi connectivity index (χ4v) is 4.33. The Hall–Kier alpha value is -3.72. The van der Waals surface area contributed by atoms with Crippen molar-refractivity contribution in [3.05, 3.63) is 78.4 Å². The summed E-state index contributed by atoms with van der Waals surface area (Å²) < 4.78 is 24.2. The van der Waals surface area contributed by atoms with E-state index in [1.54, 1.807) is 6.20 Å². The molecule has 1 saturated heterocycles. The van der Waals surface area contributed by atoms with Crippen LogP contribution in [0.2, 0.25) is 0 Å². The molecule has 0 bridgehead atoms. The van der Waals surface area contributed by atoms with Crippen LogP contribution in [0.15, 0.2) is 67.1 Å². The Bertz CT molecular complexity index is 1460. The van der Waals surface area contributed by atoms with Gasteiger partial charge in [0.15, 0.2) is 0 Å². The number of fused-ring (bicyclic) bond motifs is 1. The first-order chi connectivity index (χ1) is 15.9. The molecular weight excluding hydrogens is 438 g/mol. The van der Waals surface area contributed by atoms with Crippen LogP contribution in [0.5, 0.6) is 0 Å². The van der Waals surface area contributed by atoms with Crippen molar-refractivity contribution in [1.82, 2.24) is 19.3 Å². The predicted molar refractivity (Wildman–Crippen MR) is 128 cm³/mol. The van der Waals surface area contributed by atoms with Gasteiger partial charge in [-0.1, -0.05) is 12.1 Å². The van der Waals surface area contributed by atoms with Crippen LogP contribution < -0.4 is 10.2 Å². The van der Waals surface area contributed by atoms with Gasteiger partial charge in [0.2, 0.25) is 10.0 Å². The van der Waals surface area contributed by atoms with E-state index in [0.717, 1.165) is 45.5 Å². The Labute approximate surface area is 192 Å². The van der Waals surface area contributed by atoms with E-state index in [9.17, 15) is 13.2 Å². The highest BCUT2D eigenvalue weighted by Crippen LogP contribution is 2.27. The Kier molecular flexibility index (Phi) is 5.33. The quantitative estimate of drug-likeness (QED) is 0.474. The number of amides is 1. The van der Waals surface area contributed by atoms with Crippen molar-refractivity contribution in [2.45, 2.75) is 13.0 Å². The largest absolute Gasteiger partial charge is 0.371 e. The Morgan fingerprint density at radius 3 is 2.70 bits per heavy atom. The molecule has 33 heavy (non-hydrogen) atoms. The summed E-state index contributed by atoms with van der Waals surface area (Å²) in [6, 6.07) is 15.7. The summed E-state index contributed by atoms with van der Waals surface area (Å²) in [4.78, 5) is 24.0. The van der Waals surface area contributed by atoms with Gasteiger partial charge in [0.05, 0.1) is 35.3 Å². The molecule has 8 nitrogen and oxygen atoms in total. The first-order valence-electron chi connectivity index (χ1n) is 10.6. The van der Waals surface area contributed by atoms with Crippen LogP contribution >= 0.6 is 0 Å². The van der Waals surface area contributed by atoms with Crippen molar-refractivity contribution in [2.24, 2.45) is 0 Å². The molecule has 9 heteroatoms. The number of carbonyl (C=O) groups excluding carboxylic acids is 1. The van der Waals surface area contributed by atoms with Crippen LogP contribution in [0.1, 0.15) is 22.5 Å². The number of carbonyl (C=O) groups is 1. The van der Waals surface area contributed by atoms with Crippen molar-refractivity contribution in [2.75, 3.05) is 24.2 Å². The molecule has 0 atom stereocenters. The molecule has 4 aromatic rings. The van der Waals surface area contributed by atoms with E-state index < -0.39 is 10.0 Å². The third-order valence-corrected chi connectivity index (χ3v) is 6.73. The zero-order chi connectivity index (χ0) is 23.0. The van der Waals surface area contributed by atoms with E-state index in [1.807, 2.05) is 18.2 Å². The van der Waals surface area contributed by atoms with Gasteiger partial charge in [0, 0.05) is 48.3 Å². The predicted octanol–water partition coefficient (Wildman–Crippen LogP) is 3.05. The summed E-state index contributed by atoms with van der Waals surface area (Å²) >= 11 is 0. The molecule has 0 spiro atoms. The highest BCUT2D eigenvalue weighted by atomic mass is 32.2. The van der Waals surface area contributed by atoms with E-state index in [0.29, 0.717) is 5.69 Å². The fourth-order valence-electron chi connectivity index (χ4n) is 3.74. The number of aromatic nitrogens is 3. The van der Waals surface area contributed by atoms with E-state index in [-0.39, 0.29) is 18.0 Å². The van der Waals surface area contributed by atoms with E-state index >= 15 is 0 Å². The fraction of sp³-hybridized carbons (Fsp3) is 0.208. The third kappa shape index (κ3) is 4.45. The molecule has 1 aliphatic heterocycles. The third-order valence-electron chi connectivity index (χ3n) is 5.74. The van der Waals surface area contributed by atoms with Gasteiger partial charge in [0.25, 0.3) is 5.91 Å². The SMILES string of the molecule is CS(=O)(=O)n1ccc(C(=O)NCc2cc3nc(-c4cccc(N5CCC5)c4)ccc3cn2)c1. The molecule has 0 aliphatic carbocycles. The maximum absolute atomic E-state index is 12.4. The molecule has 0 radical (unpaired) electrons. The molecule has 1 fully saturated rings. The van der Waals surface area contributed by atoms with Crippen molar-refractivity contribution < 1.29 is 13.2 Å². The Balaban J connectivity index is 1.34. The van der Waals surface area contributed by atoms with Gasteiger partial charge in [-0.25, -0.2) is 13.4 Å². The van der Waals surface area contributed by atoms with Gasteiger partial charge < -0.3 is 10.2 Å². The van der Waals surface area contributed by atoms with Gasteiger partial charge in [0.1, 0.15) is 0 Å². The highest BCUT2D eigenvalue weighted by molar-refractivity contribution is 7.89. The maximum atomic E-state index is 12.4. The molecule has 5 rings (SSSR count). The summed E-state index contributed by atoms with van der Waals surface area (Å²) in [6.07, 6.45) is 6.69. The van der Waals surface area contributed by atoms with Crippen LogP contribution in [0.4, 0.5) is 5.69 Å². The summed E-state index contributed by atoms with van der Waals surface area (Å²) in [5, 5.41) is 3.70. The summed E-state index contributed by atoms with van der Waals surface area (Å²) in [5.74, 6) is -0.371. The van der Waals surface area contributed by atoms with Crippen LogP contribution in [0.3, 0.4) is 0 Å². The highest BCUT2D eigenvalue weighted by Gasteiger charge is 2.15. The lowest BCUT2D eigenvalue weighted by atomic mass is 10.1. The lowest BCUT2D eigenvalue weighted by molar-refractivity contribution is 0.0950. The van der Waals surface area contributed by atoms with Crippen molar-refractivity contribution in [3.63, 3.8) is 0 Å². The molecule has 0 unspecified atom stereocenters. The molecule has 1 N–H and O–H groups in total. The molecule has 1 aromatic carbocycles. The normalized spacial score (nSPS) is 13.7. The number of benzene rings is 1. The summed E-state index contributed by atoms with van der Waals surface area (Å²) in [6.45, 7) is 2.39. The summed E-state index contributed by atoms with van der Waals surface area (Å²) in [5.41, 5.74) is 4.88. The maximum Gasteiger partial charge on any atom is 0.253 e. The molecule has 1 amide bonds. The lowest BCUT2D eigenvalue weighted by Crippen LogP contribution is -2.36. The number of hydrogen-bond donors (Lipinski definition) is 1. The topological polar surface area (TPSA) is 97.2 Å². The second-order valence-corrected chi connectivity index (χ2v) is 10.0. The average Bonchev–Trinajstić information content (AvgIpc) is 3.27. The van der Waals surface area contributed by atoms with E-state index in [4.69, 9.17) is 4.98 Å². The zero-order valence-corrected chi connectivity index (χ0v) is 18.9. The molecule has 168 valence electrons. The molecular formula is C24H23N5O3S. The van der Waals surface area contributed by atoms with Crippen LogP contribution in [0.25, 0.3) is 22.2 Å². The first kappa shape index (κ1) is 21.1. The number of rotatable bonds is 6. The van der Waals surface area contributed by atoms with Crippen LogP contribution in [-0.4, -0.2) is 47.6 Å². The van der Waals surface area contributed by atoms with Gasteiger partial charge in [-0.15, -0.1) is 0 Å². The van der Waals surface area contributed by atoms with Crippen molar-refractivity contribution >= 4 is 32.5 Å². The Morgan fingerprint density at radius 2 is 1.97 bits per heavy atom. The number of nitrogens with one attached hydrogen (secondary N) is 1. The van der Waals surface area contributed by atoms with Gasteiger partial charge in [-0.05, 0) is 42.8 Å². The number of nitrogens with zero attached hydrogens (tertiary/aromatic N) is 4. The average molecular weight is 462 g/mol. The van der Waals surface area contributed by atoms with E-state index in [2.05, 4.69) is 39.5 Å². The minimum Gasteiger partial charge on any atom is -0.371 e. The minimum atomic E-state index is -3.43. The van der Waals surface area contributed by atoms with Crippen LogP contribution in [0, 0.1) is 0 Å². The molecule has 3 aromatic heterocycles. The zero-order valence-electron chi connectivity index (χ0n) is 18.1. The standard InChI is InChI=1S/C24H23N5O3S/c1-33(31,32)29-11-8-19(16-29)24(30)26-15-20-13-23-18(14-25-20)6-7-22(27-23)17-4-2-5-21(12-17)28-9-3-10-28/h2,4-8,11-14,16H,3,9-10,15H2,1H3,(H,26,30). The molecule has 0 saturated carbocycles. The number of pyridine rings is 2. The monoisotopic (exact) mass is 461 g/mol. The van der Waals surface area contributed by atoms with Gasteiger partial charge in [-0.3, -0.25) is 13.8 Å². The second kappa shape index (κ2) is 8.32. The minimum absolute atomic E-state index is 0.204. The second-order valence-electron chi connectivity index (χ2n) is 8.13. The molecule has 1 aliphatic rings. The number of anilines is 1. The first-order valence-corrected chi connectivity index (χ1v) is 12.5. The lowest BCUT2D eigenvalue weighted by Gasteiger charge is -2.33. The smallest absolute Gasteiger partial charge is 0.253 e. The van der Waals surface area contributed by atoms with Gasteiger partial charge >= 0.3 is 0 Å². The summed E-state index contributed by atoms with van der Waals surface area (Å²) in [7, 11) is -3.43. The van der Waals surface area contributed by atoms with Gasteiger partial charge in [-0.2, -0.15) is 0 Å². The van der Waals surface area contributed by atoms with Crippen molar-refractivity contribution in [1.29, 1.82) is 0 Å². The van der Waals surface area contributed by atoms with Crippen molar-refractivity contribution in [3.8, 4) is 11.3 Å². The van der Waals surface area contributed by atoms with Crippen LogP contribution in [-0.2, 0) is 16.6 Å². The van der Waals surface area contributed by atoms with E-state index in [1.165, 1.54) is 30.6 Å².